The van der Waals surface area contributed by atoms with Crippen molar-refractivity contribution in [3.63, 3.8) is 0 Å². The van der Waals surface area contributed by atoms with E-state index in [-0.39, 0.29) is 0 Å². The summed E-state index contributed by atoms with van der Waals surface area (Å²) in [6.45, 7) is 0. The van der Waals surface area contributed by atoms with E-state index in [1.54, 1.807) is 30.3 Å². The number of benzene rings is 1. The van der Waals surface area contributed by atoms with E-state index in [1.165, 1.54) is 6.26 Å². The van der Waals surface area contributed by atoms with Gasteiger partial charge in [-0.25, -0.2) is 0 Å². The van der Waals surface area contributed by atoms with Gasteiger partial charge in [0.1, 0.15) is 6.07 Å². The molecule has 1 aromatic heterocycles. The standard InChI is InChI=1S/C11H8N4O/c12-8-9-4-1-2-5-10(9)13-15-14-11-6-3-7-16-11/h1-7H,(H,13,14). The van der Waals surface area contributed by atoms with Gasteiger partial charge in [0.05, 0.1) is 17.5 Å². The van der Waals surface area contributed by atoms with Crippen LogP contribution in [-0.2, 0) is 0 Å². The second-order valence-electron chi connectivity index (χ2n) is 2.92. The Morgan fingerprint density at radius 1 is 1.19 bits per heavy atom. The summed E-state index contributed by atoms with van der Waals surface area (Å²) in [6.07, 6.45) is 1.51. The Balaban J connectivity index is 2.08. The molecule has 0 spiro atoms. The second kappa shape index (κ2) is 4.75. The van der Waals surface area contributed by atoms with Crippen LogP contribution in [-0.4, -0.2) is 0 Å². The minimum absolute atomic E-state index is 0.405. The fourth-order valence-corrected chi connectivity index (χ4v) is 1.13. The van der Waals surface area contributed by atoms with Gasteiger partial charge >= 0.3 is 0 Å². The summed E-state index contributed by atoms with van der Waals surface area (Å²) in [7, 11) is 0. The van der Waals surface area contributed by atoms with Gasteiger partial charge in [-0.2, -0.15) is 5.26 Å². The third-order valence-corrected chi connectivity index (χ3v) is 1.87. The Kier molecular flexibility index (Phi) is 2.95. The molecule has 1 N–H and O–H groups in total. The third kappa shape index (κ3) is 2.25. The zero-order chi connectivity index (χ0) is 11.2. The van der Waals surface area contributed by atoms with E-state index in [0.29, 0.717) is 17.1 Å². The molecule has 0 saturated carbocycles. The highest BCUT2D eigenvalue weighted by molar-refractivity contribution is 5.56. The van der Waals surface area contributed by atoms with Gasteiger partial charge in [0.15, 0.2) is 0 Å². The van der Waals surface area contributed by atoms with Crippen molar-refractivity contribution in [2.45, 2.75) is 0 Å². The van der Waals surface area contributed by atoms with E-state index in [4.69, 9.17) is 9.68 Å². The van der Waals surface area contributed by atoms with Crippen LogP contribution in [0.4, 0.5) is 11.6 Å². The lowest BCUT2D eigenvalue weighted by atomic mass is 10.2. The highest BCUT2D eigenvalue weighted by Gasteiger charge is 1.98. The fraction of sp³-hybridized carbons (Fsp3) is 0. The molecule has 2 rings (SSSR count). The molecule has 0 amide bonds. The third-order valence-electron chi connectivity index (χ3n) is 1.87. The summed E-state index contributed by atoms with van der Waals surface area (Å²) < 4.78 is 4.96. The number of rotatable bonds is 3. The summed E-state index contributed by atoms with van der Waals surface area (Å²) in [6, 6.07) is 12.5. The van der Waals surface area contributed by atoms with Crippen molar-refractivity contribution in [1.82, 2.24) is 0 Å². The predicted octanol–water partition coefficient (Wildman–Crippen LogP) is 3.26. The Morgan fingerprint density at radius 3 is 2.81 bits per heavy atom. The number of nitrogens with one attached hydrogen (secondary N) is 1. The van der Waals surface area contributed by atoms with Crippen LogP contribution in [0.1, 0.15) is 5.56 Å². The molecule has 0 bridgehead atoms. The Hall–Kier alpha value is -2.61. The van der Waals surface area contributed by atoms with Crippen LogP contribution in [0.2, 0.25) is 0 Å². The smallest absolute Gasteiger partial charge is 0.240 e. The number of furan rings is 1. The molecule has 5 heteroatoms. The molecule has 0 aliphatic rings. The molecular formula is C11H8N4O. The van der Waals surface area contributed by atoms with Crippen molar-refractivity contribution in [1.29, 1.82) is 5.26 Å². The fourth-order valence-electron chi connectivity index (χ4n) is 1.13. The normalized spacial score (nSPS) is 10.2. The van der Waals surface area contributed by atoms with Gasteiger partial charge in [0.25, 0.3) is 0 Å². The highest BCUT2D eigenvalue weighted by atomic mass is 16.3. The topological polar surface area (TPSA) is 73.7 Å². The van der Waals surface area contributed by atoms with Crippen LogP contribution in [0.25, 0.3) is 0 Å². The van der Waals surface area contributed by atoms with Crippen LogP contribution in [0, 0.1) is 11.3 Å². The summed E-state index contributed by atoms with van der Waals surface area (Å²) >= 11 is 0. The van der Waals surface area contributed by atoms with Gasteiger partial charge < -0.3 is 4.42 Å². The molecule has 78 valence electrons. The molecule has 0 unspecified atom stereocenters. The molecule has 2 aromatic rings. The van der Waals surface area contributed by atoms with Crippen molar-refractivity contribution >= 4 is 11.6 Å². The lowest BCUT2D eigenvalue weighted by molar-refractivity contribution is 0.571. The van der Waals surface area contributed by atoms with Gasteiger partial charge in [0, 0.05) is 6.07 Å². The van der Waals surface area contributed by atoms with Crippen molar-refractivity contribution in [3.05, 3.63) is 48.2 Å². The maximum absolute atomic E-state index is 8.82. The molecule has 5 nitrogen and oxygen atoms in total. The van der Waals surface area contributed by atoms with E-state index in [9.17, 15) is 0 Å². The Bertz CT molecular complexity index is 525. The van der Waals surface area contributed by atoms with Crippen LogP contribution in [0.3, 0.4) is 0 Å². The van der Waals surface area contributed by atoms with Gasteiger partial charge in [-0.05, 0) is 18.2 Å². The van der Waals surface area contributed by atoms with Gasteiger partial charge in [-0.3, -0.25) is 5.43 Å². The SMILES string of the molecule is N#Cc1ccccc1N/N=N/c1ccco1. The van der Waals surface area contributed by atoms with Crippen LogP contribution in [0.5, 0.6) is 0 Å². The van der Waals surface area contributed by atoms with Crippen LogP contribution < -0.4 is 5.43 Å². The maximum Gasteiger partial charge on any atom is 0.240 e. The minimum Gasteiger partial charge on any atom is -0.445 e. The average Bonchev–Trinajstić information content (AvgIpc) is 2.83. The molecule has 16 heavy (non-hydrogen) atoms. The summed E-state index contributed by atoms with van der Waals surface area (Å²) in [4.78, 5) is 0. The number of anilines is 1. The van der Waals surface area contributed by atoms with E-state index in [1.807, 2.05) is 6.07 Å². The molecule has 0 saturated heterocycles. The quantitative estimate of drug-likeness (QED) is 0.626. The van der Waals surface area contributed by atoms with Gasteiger partial charge in [0.2, 0.25) is 5.88 Å². The monoisotopic (exact) mass is 212 g/mol. The molecule has 0 fully saturated rings. The highest BCUT2D eigenvalue weighted by Crippen LogP contribution is 2.15. The number of nitriles is 1. The lowest BCUT2D eigenvalue weighted by Crippen LogP contribution is -1.89. The summed E-state index contributed by atoms with van der Waals surface area (Å²) in [5, 5.41) is 16.3. The maximum atomic E-state index is 8.82. The average molecular weight is 212 g/mol. The number of hydrogen-bond donors (Lipinski definition) is 1. The Labute approximate surface area is 92.0 Å². The minimum atomic E-state index is 0.405. The predicted molar refractivity (Wildman–Crippen MR) is 58.0 cm³/mol. The first kappa shape index (κ1) is 9.93. The first-order valence-electron chi connectivity index (χ1n) is 4.59. The van der Waals surface area contributed by atoms with Crippen molar-refractivity contribution < 1.29 is 4.42 Å². The zero-order valence-corrected chi connectivity index (χ0v) is 8.29. The van der Waals surface area contributed by atoms with Crippen molar-refractivity contribution in [2.24, 2.45) is 10.3 Å². The zero-order valence-electron chi connectivity index (χ0n) is 8.29. The molecule has 1 heterocycles. The number of hydrogen-bond acceptors (Lipinski definition) is 4. The first-order valence-corrected chi connectivity index (χ1v) is 4.59. The largest absolute Gasteiger partial charge is 0.445 e. The summed E-state index contributed by atoms with van der Waals surface area (Å²) in [5.74, 6) is 0.405. The molecule has 1 aromatic carbocycles. The van der Waals surface area contributed by atoms with E-state index in [2.05, 4.69) is 21.8 Å². The van der Waals surface area contributed by atoms with Crippen molar-refractivity contribution in [3.8, 4) is 6.07 Å². The molecule has 0 aliphatic heterocycles. The van der Waals surface area contributed by atoms with Crippen LogP contribution >= 0.6 is 0 Å². The Morgan fingerprint density at radius 2 is 2.06 bits per heavy atom. The summed E-state index contributed by atoms with van der Waals surface area (Å²) in [5.41, 5.74) is 3.80. The van der Waals surface area contributed by atoms with Gasteiger partial charge in [-0.1, -0.05) is 22.5 Å². The van der Waals surface area contributed by atoms with E-state index < -0.39 is 0 Å². The van der Waals surface area contributed by atoms with E-state index >= 15 is 0 Å². The van der Waals surface area contributed by atoms with Crippen LogP contribution in [0.15, 0.2) is 57.4 Å². The van der Waals surface area contributed by atoms with E-state index in [0.717, 1.165) is 0 Å². The first-order chi connectivity index (χ1) is 7.90. The van der Waals surface area contributed by atoms with Crippen molar-refractivity contribution in [2.75, 3.05) is 5.43 Å². The molecule has 0 radical (unpaired) electrons. The second-order valence-corrected chi connectivity index (χ2v) is 2.92. The molecular weight excluding hydrogens is 204 g/mol. The number of nitrogens with zero attached hydrogens (tertiary/aromatic N) is 3. The van der Waals surface area contributed by atoms with Gasteiger partial charge in [-0.15, -0.1) is 0 Å². The molecule has 0 aliphatic carbocycles. The lowest BCUT2D eigenvalue weighted by Gasteiger charge is -1.99. The number of para-hydroxylation sites is 1. The molecule has 0 atom stereocenters.